The Kier molecular flexibility index (Phi) is 3.69. The minimum atomic E-state index is -0.135. The summed E-state index contributed by atoms with van der Waals surface area (Å²) in [6, 6.07) is 12.0. The number of carbonyl (C=O) groups is 1. The number of hydrogen-bond donors (Lipinski definition) is 1. The summed E-state index contributed by atoms with van der Waals surface area (Å²) in [5, 5.41) is 12.7. The average molecular weight is 338 g/mol. The van der Waals surface area contributed by atoms with Crippen LogP contribution in [0.4, 0.5) is 5.13 Å². The SMILES string of the molecule is Cc1cc(C(=O)Nc2nnc(C3CC3)s2)c(C)n1-c1ccccc1. The quantitative estimate of drug-likeness (QED) is 0.780. The Hall–Kier alpha value is -2.47. The maximum atomic E-state index is 12.6. The van der Waals surface area contributed by atoms with Gasteiger partial charge in [-0.2, -0.15) is 0 Å². The predicted molar refractivity (Wildman–Crippen MR) is 95.1 cm³/mol. The summed E-state index contributed by atoms with van der Waals surface area (Å²) < 4.78 is 2.09. The molecule has 0 radical (unpaired) electrons. The summed E-state index contributed by atoms with van der Waals surface area (Å²) in [5.74, 6) is 0.417. The van der Waals surface area contributed by atoms with Crippen LogP contribution in [-0.2, 0) is 0 Å². The van der Waals surface area contributed by atoms with Gasteiger partial charge in [-0.1, -0.05) is 29.5 Å². The van der Waals surface area contributed by atoms with E-state index in [1.165, 1.54) is 24.2 Å². The van der Waals surface area contributed by atoms with Crippen LogP contribution in [0.15, 0.2) is 36.4 Å². The highest BCUT2D eigenvalue weighted by atomic mass is 32.1. The van der Waals surface area contributed by atoms with Crippen molar-refractivity contribution in [2.24, 2.45) is 0 Å². The van der Waals surface area contributed by atoms with Gasteiger partial charge in [-0.3, -0.25) is 10.1 Å². The molecule has 3 aromatic rings. The number of para-hydroxylation sites is 1. The van der Waals surface area contributed by atoms with E-state index in [1.807, 2.05) is 50.2 Å². The molecule has 1 aromatic carbocycles. The predicted octanol–water partition coefficient (Wildman–Crippen LogP) is 4.08. The maximum absolute atomic E-state index is 12.6. The fourth-order valence-corrected chi connectivity index (χ4v) is 3.82. The van der Waals surface area contributed by atoms with Crippen molar-refractivity contribution in [3.63, 3.8) is 0 Å². The number of anilines is 1. The first kappa shape index (κ1) is 15.1. The molecule has 5 nitrogen and oxygen atoms in total. The Morgan fingerprint density at radius 3 is 2.67 bits per heavy atom. The highest BCUT2D eigenvalue weighted by molar-refractivity contribution is 7.15. The van der Waals surface area contributed by atoms with Gasteiger partial charge in [0.25, 0.3) is 5.91 Å². The topological polar surface area (TPSA) is 59.8 Å². The molecule has 0 aliphatic heterocycles. The molecule has 1 saturated carbocycles. The molecule has 0 saturated heterocycles. The minimum Gasteiger partial charge on any atom is -0.318 e. The van der Waals surface area contributed by atoms with Crippen LogP contribution in [0.25, 0.3) is 5.69 Å². The first-order valence-corrected chi connectivity index (χ1v) is 8.84. The fourth-order valence-electron chi connectivity index (χ4n) is 2.91. The van der Waals surface area contributed by atoms with Gasteiger partial charge < -0.3 is 4.57 Å². The van der Waals surface area contributed by atoms with E-state index in [0.29, 0.717) is 16.6 Å². The van der Waals surface area contributed by atoms with Crippen molar-refractivity contribution in [1.29, 1.82) is 0 Å². The molecular weight excluding hydrogens is 320 g/mol. The van der Waals surface area contributed by atoms with Gasteiger partial charge in [-0.25, -0.2) is 0 Å². The molecule has 2 aromatic heterocycles. The zero-order valence-electron chi connectivity index (χ0n) is 13.6. The van der Waals surface area contributed by atoms with Crippen molar-refractivity contribution in [2.45, 2.75) is 32.6 Å². The Labute approximate surface area is 144 Å². The molecule has 4 rings (SSSR count). The molecule has 122 valence electrons. The molecule has 1 aliphatic carbocycles. The minimum absolute atomic E-state index is 0.135. The van der Waals surface area contributed by atoms with Gasteiger partial charge in [-0.05, 0) is 44.9 Å². The highest BCUT2D eigenvalue weighted by Gasteiger charge is 2.28. The average Bonchev–Trinajstić information content (AvgIpc) is 3.25. The Morgan fingerprint density at radius 2 is 1.96 bits per heavy atom. The van der Waals surface area contributed by atoms with Crippen LogP contribution in [0.5, 0.6) is 0 Å². The van der Waals surface area contributed by atoms with E-state index in [1.54, 1.807) is 0 Å². The zero-order valence-corrected chi connectivity index (χ0v) is 14.4. The number of nitrogens with one attached hydrogen (secondary N) is 1. The fraction of sp³-hybridized carbons (Fsp3) is 0.278. The van der Waals surface area contributed by atoms with Crippen molar-refractivity contribution < 1.29 is 4.79 Å². The normalized spacial score (nSPS) is 13.9. The lowest BCUT2D eigenvalue weighted by Crippen LogP contribution is -2.13. The van der Waals surface area contributed by atoms with E-state index in [9.17, 15) is 4.79 Å². The molecule has 0 atom stereocenters. The standard InChI is InChI=1S/C18H18N4OS/c1-11-10-15(12(2)22(11)14-6-4-3-5-7-14)16(23)19-18-21-20-17(24-18)13-8-9-13/h3-7,10,13H,8-9H2,1-2H3,(H,19,21,23). The zero-order chi connectivity index (χ0) is 16.7. The maximum Gasteiger partial charge on any atom is 0.259 e. The van der Waals surface area contributed by atoms with Gasteiger partial charge in [0.1, 0.15) is 5.01 Å². The van der Waals surface area contributed by atoms with Crippen molar-refractivity contribution >= 4 is 22.4 Å². The van der Waals surface area contributed by atoms with E-state index in [-0.39, 0.29) is 5.91 Å². The molecule has 1 fully saturated rings. The molecular formula is C18H18N4OS. The van der Waals surface area contributed by atoms with Crippen LogP contribution in [0.1, 0.15) is 45.5 Å². The number of rotatable bonds is 4. The lowest BCUT2D eigenvalue weighted by Gasteiger charge is -2.09. The second kappa shape index (κ2) is 5.87. The summed E-state index contributed by atoms with van der Waals surface area (Å²) >= 11 is 1.48. The summed E-state index contributed by atoms with van der Waals surface area (Å²) in [4.78, 5) is 12.6. The van der Waals surface area contributed by atoms with Crippen molar-refractivity contribution in [3.05, 3.63) is 58.4 Å². The number of aromatic nitrogens is 3. The third-order valence-corrected chi connectivity index (χ3v) is 5.28. The lowest BCUT2D eigenvalue weighted by molar-refractivity contribution is 0.102. The van der Waals surface area contributed by atoms with E-state index in [4.69, 9.17) is 0 Å². The largest absolute Gasteiger partial charge is 0.318 e. The van der Waals surface area contributed by atoms with Crippen LogP contribution < -0.4 is 5.32 Å². The van der Waals surface area contributed by atoms with E-state index < -0.39 is 0 Å². The number of benzene rings is 1. The molecule has 1 aliphatic rings. The van der Waals surface area contributed by atoms with E-state index in [2.05, 4.69) is 20.1 Å². The summed E-state index contributed by atoms with van der Waals surface area (Å²) in [7, 11) is 0. The van der Waals surface area contributed by atoms with E-state index in [0.717, 1.165) is 22.1 Å². The second-order valence-electron chi connectivity index (χ2n) is 6.13. The van der Waals surface area contributed by atoms with Gasteiger partial charge in [0.2, 0.25) is 5.13 Å². The molecule has 0 spiro atoms. The smallest absolute Gasteiger partial charge is 0.259 e. The van der Waals surface area contributed by atoms with Crippen LogP contribution in [0.2, 0.25) is 0 Å². The number of hydrogen-bond acceptors (Lipinski definition) is 4. The first-order chi connectivity index (χ1) is 11.6. The Morgan fingerprint density at radius 1 is 1.21 bits per heavy atom. The summed E-state index contributed by atoms with van der Waals surface area (Å²) in [6.07, 6.45) is 2.36. The number of carbonyl (C=O) groups excluding carboxylic acids is 1. The van der Waals surface area contributed by atoms with Gasteiger partial charge in [0.15, 0.2) is 0 Å². The van der Waals surface area contributed by atoms with Crippen LogP contribution in [0, 0.1) is 13.8 Å². The summed E-state index contributed by atoms with van der Waals surface area (Å²) in [5.41, 5.74) is 3.67. The lowest BCUT2D eigenvalue weighted by atomic mass is 10.2. The third kappa shape index (κ3) is 2.73. The number of amides is 1. The summed E-state index contributed by atoms with van der Waals surface area (Å²) in [6.45, 7) is 3.97. The van der Waals surface area contributed by atoms with Crippen LogP contribution in [0.3, 0.4) is 0 Å². The first-order valence-electron chi connectivity index (χ1n) is 8.02. The van der Waals surface area contributed by atoms with Crippen molar-refractivity contribution in [3.8, 4) is 5.69 Å². The van der Waals surface area contributed by atoms with Crippen LogP contribution >= 0.6 is 11.3 Å². The molecule has 0 bridgehead atoms. The number of aryl methyl sites for hydroxylation is 1. The van der Waals surface area contributed by atoms with Gasteiger partial charge >= 0.3 is 0 Å². The Bertz CT molecular complexity index is 893. The Balaban J connectivity index is 1.60. The molecule has 24 heavy (non-hydrogen) atoms. The van der Waals surface area contributed by atoms with Crippen molar-refractivity contribution in [1.82, 2.24) is 14.8 Å². The van der Waals surface area contributed by atoms with Gasteiger partial charge in [0.05, 0.1) is 5.56 Å². The second-order valence-corrected chi connectivity index (χ2v) is 7.14. The van der Waals surface area contributed by atoms with E-state index >= 15 is 0 Å². The molecule has 0 unspecified atom stereocenters. The molecule has 2 heterocycles. The van der Waals surface area contributed by atoms with Gasteiger partial charge in [-0.15, -0.1) is 10.2 Å². The molecule has 6 heteroatoms. The monoisotopic (exact) mass is 338 g/mol. The molecule has 1 N–H and O–H groups in total. The third-order valence-electron chi connectivity index (χ3n) is 4.28. The molecule has 1 amide bonds. The highest BCUT2D eigenvalue weighted by Crippen LogP contribution is 2.42. The number of nitrogens with zero attached hydrogens (tertiary/aromatic N) is 3. The van der Waals surface area contributed by atoms with Crippen molar-refractivity contribution in [2.75, 3.05) is 5.32 Å². The van der Waals surface area contributed by atoms with Gasteiger partial charge in [0, 0.05) is 23.0 Å². The van der Waals surface area contributed by atoms with Crippen LogP contribution in [-0.4, -0.2) is 20.7 Å².